The molecule has 0 saturated carbocycles. The van der Waals surface area contributed by atoms with Gasteiger partial charge in [-0.1, -0.05) is 0 Å². The van der Waals surface area contributed by atoms with Crippen molar-refractivity contribution in [3.63, 3.8) is 0 Å². The van der Waals surface area contributed by atoms with Crippen LogP contribution in [0.25, 0.3) is 0 Å². The lowest BCUT2D eigenvalue weighted by molar-refractivity contribution is -0.385. The van der Waals surface area contributed by atoms with Crippen molar-refractivity contribution < 1.29 is 24.0 Å². The third-order valence-electron chi connectivity index (χ3n) is 3.29. The number of aromatic carboxylic acids is 1. The topological polar surface area (TPSA) is 92.9 Å². The molecule has 0 bridgehead atoms. The monoisotopic (exact) mass is 298 g/mol. The summed E-state index contributed by atoms with van der Waals surface area (Å²) in [6.45, 7) is 3.27. The highest BCUT2D eigenvalue weighted by Gasteiger charge is 2.26. The summed E-state index contributed by atoms with van der Waals surface area (Å²) in [4.78, 5) is 22.7. The van der Waals surface area contributed by atoms with Gasteiger partial charge in [0.25, 0.3) is 5.69 Å². The molecule has 0 aromatic heterocycles. The fourth-order valence-corrected chi connectivity index (χ4v) is 2.33. The quantitative estimate of drug-likeness (QED) is 0.678. The first-order valence-corrected chi connectivity index (χ1v) is 6.48. The Kier molecular flexibility index (Phi) is 4.37. The van der Waals surface area contributed by atoms with Crippen LogP contribution >= 0.6 is 0 Å². The van der Waals surface area contributed by atoms with Crippen LogP contribution in [0.2, 0.25) is 0 Å². The van der Waals surface area contributed by atoms with E-state index in [9.17, 15) is 19.3 Å². The molecule has 1 aliphatic heterocycles. The molecular weight excluding hydrogens is 283 g/mol. The molecule has 0 spiro atoms. The molecule has 1 atom stereocenters. The van der Waals surface area contributed by atoms with Crippen LogP contribution in [-0.2, 0) is 4.74 Å². The Morgan fingerprint density at radius 2 is 2.29 bits per heavy atom. The molecule has 7 nitrogen and oxygen atoms in total. The van der Waals surface area contributed by atoms with Crippen LogP contribution in [-0.4, -0.2) is 41.8 Å². The number of hydrogen-bond donors (Lipinski definition) is 1. The first-order valence-electron chi connectivity index (χ1n) is 6.48. The summed E-state index contributed by atoms with van der Waals surface area (Å²) in [5, 5.41) is 19.9. The van der Waals surface area contributed by atoms with Gasteiger partial charge in [0.2, 0.25) is 0 Å². The van der Waals surface area contributed by atoms with Crippen molar-refractivity contribution >= 4 is 17.3 Å². The van der Waals surface area contributed by atoms with Crippen molar-refractivity contribution in [3.05, 3.63) is 33.6 Å². The lowest BCUT2D eigenvalue weighted by Gasteiger charge is -2.25. The largest absolute Gasteiger partial charge is 0.477 e. The summed E-state index contributed by atoms with van der Waals surface area (Å²) >= 11 is 0. The molecule has 1 fully saturated rings. The molecule has 1 unspecified atom stereocenters. The van der Waals surface area contributed by atoms with Crippen LogP contribution in [0.15, 0.2) is 12.1 Å². The molecule has 21 heavy (non-hydrogen) atoms. The van der Waals surface area contributed by atoms with Crippen molar-refractivity contribution in [1.29, 1.82) is 0 Å². The minimum absolute atomic E-state index is 0.0513. The van der Waals surface area contributed by atoms with E-state index in [2.05, 4.69) is 0 Å². The molecule has 1 aromatic carbocycles. The fraction of sp³-hybridized carbons (Fsp3) is 0.462. The predicted molar refractivity (Wildman–Crippen MR) is 72.3 cm³/mol. The first-order chi connectivity index (χ1) is 9.90. The van der Waals surface area contributed by atoms with E-state index >= 15 is 0 Å². The molecule has 1 aliphatic rings. The fourth-order valence-electron chi connectivity index (χ4n) is 2.33. The molecule has 0 radical (unpaired) electrons. The zero-order valence-corrected chi connectivity index (χ0v) is 11.4. The van der Waals surface area contributed by atoms with Gasteiger partial charge >= 0.3 is 5.97 Å². The minimum Gasteiger partial charge on any atom is -0.477 e. The Bertz CT molecular complexity index is 578. The van der Waals surface area contributed by atoms with E-state index < -0.39 is 28.0 Å². The van der Waals surface area contributed by atoms with E-state index in [0.29, 0.717) is 32.2 Å². The Labute approximate surface area is 120 Å². The van der Waals surface area contributed by atoms with Gasteiger partial charge in [-0.3, -0.25) is 10.1 Å². The average Bonchev–Trinajstić information content (AvgIpc) is 2.62. The number of nitro benzene ring substituents is 1. The van der Waals surface area contributed by atoms with E-state index in [0.717, 1.165) is 6.07 Å². The van der Waals surface area contributed by atoms with Gasteiger partial charge < -0.3 is 14.7 Å². The van der Waals surface area contributed by atoms with Crippen LogP contribution in [0.1, 0.15) is 23.7 Å². The lowest BCUT2D eigenvalue weighted by Crippen LogP contribution is -2.31. The van der Waals surface area contributed by atoms with Gasteiger partial charge in [-0.25, -0.2) is 9.18 Å². The van der Waals surface area contributed by atoms with Crippen LogP contribution in [0, 0.1) is 15.9 Å². The number of hydrogen-bond acceptors (Lipinski definition) is 5. The number of benzene rings is 1. The van der Waals surface area contributed by atoms with Gasteiger partial charge in [-0.05, 0) is 19.4 Å². The number of anilines is 1. The standard InChI is InChI=1S/C13H15FN2O5/c1-8-7-15(3-2-4-21-8)12-5-9(13(17)18)11(16(19)20)6-10(12)14/h5-6,8H,2-4,7H2,1H3,(H,17,18). The molecule has 1 saturated heterocycles. The van der Waals surface area contributed by atoms with Crippen molar-refractivity contribution in [2.24, 2.45) is 0 Å². The second kappa shape index (κ2) is 6.04. The van der Waals surface area contributed by atoms with E-state index in [1.807, 2.05) is 6.92 Å². The van der Waals surface area contributed by atoms with Crippen molar-refractivity contribution in [2.45, 2.75) is 19.4 Å². The maximum absolute atomic E-state index is 14.1. The van der Waals surface area contributed by atoms with Gasteiger partial charge in [-0.15, -0.1) is 0 Å². The number of nitro groups is 1. The summed E-state index contributed by atoms with van der Waals surface area (Å²) in [5.41, 5.74) is -1.22. The van der Waals surface area contributed by atoms with E-state index in [1.165, 1.54) is 0 Å². The molecule has 2 rings (SSSR count). The molecule has 0 amide bonds. The molecule has 8 heteroatoms. The zero-order chi connectivity index (χ0) is 15.6. The van der Waals surface area contributed by atoms with E-state index in [1.54, 1.807) is 4.90 Å². The van der Waals surface area contributed by atoms with Crippen LogP contribution in [0.3, 0.4) is 0 Å². The Hall–Kier alpha value is -2.22. The second-order valence-electron chi connectivity index (χ2n) is 4.86. The Morgan fingerprint density at radius 1 is 1.57 bits per heavy atom. The highest BCUT2D eigenvalue weighted by Crippen LogP contribution is 2.29. The Balaban J connectivity index is 2.46. The maximum atomic E-state index is 14.1. The van der Waals surface area contributed by atoms with Gasteiger partial charge in [0, 0.05) is 19.7 Å². The average molecular weight is 298 g/mol. The smallest absolute Gasteiger partial charge is 0.342 e. The normalized spacial score (nSPS) is 19.1. The Morgan fingerprint density at radius 3 is 2.90 bits per heavy atom. The SMILES string of the molecule is CC1CN(c2cc(C(=O)O)c([N+](=O)[O-])cc2F)CCCO1. The molecule has 0 aliphatic carbocycles. The van der Waals surface area contributed by atoms with Gasteiger partial charge in [-0.2, -0.15) is 0 Å². The number of carboxylic acid groups (broad SMARTS) is 1. The second-order valence-corrected chi connectivity index (χ2v) is 4.86. The summed E-state index contributed by atoms with van der Waals surface area (Å²) < 4.78 is 19.6. The summed E-state index contributed by atoms with van der Waals surface area (Å²) in [7, 11) is 0. The molecule has 1 aromatic rings. The number of ether oxygens (including phenoxy) is 1. The number of rotatable bonds is 3. The van der Waals surface area contributed by atoms with Crippen LogP contribution < -0.4 is 4.90 Å². The minimum atomic E-state index is -1.46. The zero-order valence-electron chi connectivity index (χ0n) is 11.4. The van der Waals surface area contributed by atoms with Gasteiger partial charge in [0.05, 0.1) is 22.8 Å². The first kappa shape index (κ1) is 15.2. The van der Waals surface area contributed by atoms with Crippen molar-refractivity contribution in [1.82, 2.24) is 0 Å². The van der Waals surface area contributed by atoms with Crippen molar-refractivity contribution in [2.75, 3.05) is 24.6 Å². The molecule has 1 N–H and O–H groups in total. The summed E-state index contributed by atoms with van der Waals surface area (Å²) in [6, 6.07) is 1.68. The molecular formula is C13H15FN2O5. The maximum Gasteiger partial charge on any atom is 0.342 e. The third-order valence-corrected chi connectivity index (χ3v) is 3.29. The van der Waals surface area contributed by atoms with Crippen LogP contribution in [0.5, 0.6) is 0 Å². The van der Waals surface area contributed by atoms with Crippen molar-refractivity contribution in [3.8, 4) is 0 Å². The number of halogens is 1. The highest BCUT2D eigenvalue weighted by atomic mass is 19.1. The van der Waals surface area contributed by atoms with Gasteiger partial charge in [0.15, 0.2) is 5.82 Å². The molecule has 1 heterocycles. The number of carboxylic acids is 1. The van der Waals surface area contributed by atoms with E-state index in [-0.39, 0.29) is 11.8 Å². The third kappa shape index (κ3) is 3.27. The number of nitrogens with zero attached hydrogens (tertiary/aromatic N) is 2. The van der Waals surface area contributed by atoms with Crippen LogP contribution in [0.4, 0.5) is 15.8 Å². The lowest BCUT2D eigenvalue weighted by atomic mass is 10.1. The van der Waals surface area contributed by atoms with E-state index in [4.69, 9.17) is 9.84 Å². The summed E-state index contributed by atoms with van der Waals surface area (Å²) in [5.74, 6) is -2.26. The summed E-state index contributed by atoms with van der Waals surface area (Å²) in [6.07, 6.45) is 0.541. The van der Waals surface area contributed by atoms with Gasteiger partial charge in [0.1, 0.15) is 5.56 Å². The number of carbonyl (C=O) groups is 1. The highest BCUT2D eigenvalue weighted by molar-refractivity contribution is 5.93. The molecule has 114 valence electrons. The predicted octanol–water partition coefficient (Wildman–Crippen LogP) is 2.05.